The molecule has 26 heavy (non-hydrogen) atoms. The highest BCUT2D eigenvalue weighted by molar-refractivity contribution is 6.04. The van der Waals surface area contributed by atoms with E-state index in [1.165, 1.54) is 24.8 Å². The molecule has 0 radical (unpaired) electrons. The van der Waals surface area contributed by atoms with E-state index in [1.54, 1.807) is 4.68 Å². The largest absolute Gasteiger partial charge is 0.313 e. The van der Waals surface area contributed by atoms with Crippen molar-refractivity contribution in [3.05, 3.63) is 47.2 Å². The van der Waals surface area contributed by atoms with Gasteiger partial charge in [-0.2, -0.15) is 5.10 Å². The number of anilines is 1. The molecule has 2 aliphatic carbocycles. The van der Waals surface area contributed by atoms with Gasteiger partial charge in [0, 0.05) is 30.6 Å². The molecular weight excluding hydrogens is 371 g/mol. The Morgan fingerprint density at radius 1 is 1.27 bits per heavy atom. The second kappa shape index (κ2) is 8.42. The summed E-state index contributed by atoms with van der Waals surface area (Å²) in [5.41, 5.74) is 2.86. The molecule has 2 aliphatic rings. The lowest BCUT2D eigenvalue weighted by Gasteiger charge is -2.07. The minimum atomic E-state index is -0.0806. The first-order valence-electron chi connectivity index (χ1n) is 8.75. The van der Waals surface area contributed by atoms with Crippen LogP contribution >= 0.6 is 24.8 Å². The lowest BCUT2D eigenvalue weighted by molar-refractivity contribution is 0.102. The normalized spacial score (nSPS) is 20.7. The number of hydrogen-bond donors (Lipinski definition) is 2. The maximum Gasteiger partial charge on any atom is 0.256 e. The van der Waals surface area contributed by atoms with E-state index in [2.05, 4.69) is 21.8 Å². The van der Waals surface area contributed by atoms with E-state index in [-0.39, 0.29) is 30.7 Å². The number of aryl methyl sites for hydroxylation is 2. The summed E-state index contributed by atoms with van der Waals surface area (Å²) in [6.45, 7) is 3.07. The van der Waals surface area contributed by atoms with Crippen LogP contribution in [0.25, 0.3) is 0 Å². The van der Waals surface area contributed by atoms with Crippen LogP contribution in [-0.4, -0.2) is 28.3 Å². The second-order valence-electron chi connectivity index (χ2n) is 7.17. The number of nitrogens with zero attached hydrogens (tertiary/aromatic N) is 2. The summed E-state index contributed by atoms with van der Waals surface area (Å²) in [4.78, 5) is 12.5. The highest BCUT2D eigenvalue weighted by Gasteiger charge is 2.39. The van der Waals surface area contributed by atoms with E-state index in [1.807, 2.05) is 38.2 Å². The third kappa shape index (κ3) is 4.78. The molecule has 4 rings (SSSR count). The first kappa shape index (κ1) is 20.7. The van der Waals surface area contributed by atoms with Gasteiger partial charge in [0.15, 0.2) is 0 Å². The van der Waals surface area contributed by atoms with Gasteiger partial charge < -0.3 is 10.6 Å². The average Bonchev–Trinajstić information content (AvgIpc) is 3.46. The molecule has 0 bridgehead atoms. The summed E-state index contributed by atoms with van der Waals surface area (Å²) in [7, 11) is 1.83. The maximum absolute atomic E-state index is 12.5. The zero-order chi connectivity index (χ0) is 16.7. The van der Waals surface area contributed by atoms with Crippen molar-refractivity contribution < 1.29 is 4.79 Å². The second-order valence-corrected chi connectivity index (χ2v) is 7.17. The van der Waals surface area contributed by atoms with Crippen LogP contribution in [0.2, 0.25) is 0 Å². The van der Waals surface area contributed by atoms with E-state index >= 15 is 0 Å². The van der Waals surface area contributed by atoms with E-state index in [0.717, 1.165) is 24.0 Å². The lowest BCUT2D eigenvalue weighted by Crippen LogP contribution is -2.20. The number of halogens is 2. The van der Waals surface area contributed by atoms with Crippen LogP contribution in [-0.2, 0) is 7.05 Å². The summed E-state index contributed by atoms with van der Waals surface area (Å²) < 4.78 is 1.69. The van der Waals surface area contributed by atoms with Crippen molar-refractivity contribution in [3.63, 3.8) is 0 Å². The van der Waals surface area contributed by atoms with Crippen LogP contribution in [0.1, 0.15) is 46.8 Å². The summed E-state index contributed by atoms with van der Waals surface area (Å²) in [6.07, 6.45) is 3.94. The fourth-order valence-electron chi connectivity index (χ4n) is 3.26. The summed E-state index contributed by atoms with van der Waals surface area (Å²) in [5.74, 6) is 2.10. The number of carbonyl (C=O) groups excluding carboxylic acids is 1. The summed E-state index contributed by atoms with van der Waals surface area (Å²) >= 11 is 0. The summed E-state index contributed by atoms with van der Waals surface area (Å²) in [6, 6.07) is 10.5. The quantitative estimate of drug-likeness (QED) is 0.782. The van der Waals surface area contributed by atoms with E-state index in [0.29, 0.717) is 17.5 Å². The van der Waals surface area contributed by atoms with Gasteiger partial charge in [0.25, 0.3) is 5.91 Å². The van der Waals surface area contributed by atoms with Crippen molar-refractivity contribution >= 4 is 36.5 Å². The Morgan fingerprint density at radius 2 is 2.04 bits per heavy atom. The van der Waals surface area contributed by atoms with Crippen molar-refractivity contribution in [2.45, 2.75) is 38.1 Å². The molecular formula is C19H26Cl2N4O. The molecule has 2 fully saturated rings. The Bertz CT molecular complexity index is 773. The molecule has 1 aromatic carbocycles. The number of amides is 1. The average molecular weight is 397 g/mol. The van der Waals surface area contributed by atoms with Crippen molar-refractivity contribution in [2.75, 3.05) is 11.9 Å². The zero-order valence-corrected chi connectivity index (χ0v) is 16.7. The predicted molar refractivity (Wildman–Crippen MR) is 109 cm³/mol. The Labute approximate surface area is 166 Å². The van der Waals surface area contributed by atoms with Gasteiger partial charge in [-0.15, -0.1) is 24.8 Å². The molecule has 0 unspecified atom stereocenters. The highest BCUT2D eigenvalue weighted by atomic mass is 35.5. The number of nitrogens with one attached hydrogen (secondary N) is 2. The molecule has 1 amide bonds. The first-order valence-corrected chi connectivity index (χ1v) is 8.75. The number of rotatable bonds is 6. The van der Waals surface area contributed by atoms with Gasteiger partial charge >= 0.3 is 0 Å². The Kier molecular flexibility index (Phi) is 6.72. The number of carbonyl (C=O) groups is 1. The molecule has 2 atom stereocenters. The number of benzene rings is 1. The molecule has 142 valence electrons. The van der Waals surface area contributed by atoms with Gasteiger partial charge in [-0.3, -0.25) is 9.48 Å². The Balaban J connectivity index is 0.00000121. The minimum absolute atomic E-state index is 0. The standard InChI is InChI=1S/C19H24N4O.2ClH/c1-12-8-18(23(2)22-12)21-19(24)15-5-3-4-14(9-15)16-10-17(16)20-11-13-6-7-13;;/h3-5,8-9,13,16-17,20H,6-7,10-11H2,1-2H3,(H,21,24);2*1H/t16-,17+;;/m0../s1. The molecule has 2 N–H and O–H groups in total. The smallest absolute Gasteiger partial charge is 0.256 e. The van der Waals surface area contributed by atoms with Crippen molar-refractivity contribution in [3.8, 4) is 0 Å². The predicted octanol–water partition coefficient (Wildman–Crippen LogP) is 3.68. The molecule has 7 heteroatoms. The zero-order valence-electron chi connectivity index (χ0n) is 15.1. The van der Waals surface area contributed by atoms with Crippen molar-refractivity contribution in [2.24, 2.45) is 13.0 Å². The minimum Gasteiger partial charge on any atom is -0.313 e. The molecule has 0 aliphatic heterocycles. The van der Waals surface area contributed by atoms with Crippen LogP contribution < -0.4 is 10.6 Å². The van der Waals surface area contributed by atoms with E-state index in [4.69, 9.17) is 0 Å². The molecule has 2 saturated carbocycles. The van der Waals surface area contributed by atoms with Crippen LogP contribution in [0.3, 0.4) is 0 Å². The SMILES string of the molecule is Cc1cc(NC(=O)c2cccc([C@@H]3C[C@H]3NCC3CC3)c2)n(C)n1.Cl.Cl. The Morgan fingerprint density at radius 3 is 2.69 bits per heavy atom. The fraction of sp³-hybridized carbons (Fsp3) is 0.474. The maximum atomic E-state index is 12.5. The van der Waals surface area contributed by atoms with Gasteiger partial charge in [0.1, 0.15) is 5.82 Å². The highest BCUT2D eigenvalue weighted by Crippen LogP contribution is 2.41. The third-order valence-electron chi connectivity index (χ3n) is 4.98. The third-order valence-corrected chi connectivity index (χ3v) is 4.98. The van der Waals surface area contributed by atoms with Crippen molar-refractivity contribution in [1.82, 2.24) is 15.1 Å². The monoisotopic (exact) mass is 396 g/mol. The topological polar surface area (TPSA) is 59.0 Å². The first-order chi connectivity index (χ1) is 11.6. The van der Waals surface area contributed by atoms with Crippen LogP contribution in [0.15, 0.2) is 30.3 Å². The lowest BCUT2D eigenvalue weighted by atomic mass is 10.1. The fourth-order valence-corrected chi connectivity index (χ4v) is 3.26. The molecule has 0 saturated heterocycles. The Hall–Kier alpha value is -1.56. The van der Waals surface area contributed by atoms with E-state index in [9.17, 15) is 4.79 Å². The molecule has 1 aromatic heterocycles. The van der Waals surface area contributed by atoms with Gasteiger partial charge in [-0.05, 0) is 56.3 Å². The van der Waals surface area contributed by atoms with Gasteiger partial charge in [-0.25, -0.2) is 0 Å². The molecule has 5 nitrogen and oxygen atoms in total. The molecule has 1 heterocycles. The van der Waals surface area contributed by atoms with Gasteiger partial charge in [0.2, 0.25) is 0 Å². The van der Waals surface area contributed by atoms with E-state index < -0.39 is 0 Å². The van der Waals surface area contributed by atoms with Gasteiger partial charge in [0.05, 0.1) is 5.69 Å². The number of aromatic nitrogens is 2. The van der Waals surface area contributed by atoms with Crippen LogP contribution in [0.5, 0.6) is 0 Å². The molecule has 0 spiro atoms. The van der Waals surface area contributed by atoms with Crippen LogP contribution in [0.4, 0.5) is 5.82 Å². The van der Waals surface area contributed by atoms with Crippen LogP contribution in [0, 0.1) is 12.8 Å². The molecule has 2 aromatic rings. The van der Waals surface area contributed by atoms with Gasteiger partial charge in [-0.1, -0.05) is 12.1 Å². The number of hydrogen-bond acceptors (Lipinski definition) is 3. The summed E-state index contributed by atoms with van der Waals surface area (Å²) in [5, 5.41) is 10.8. The van der Waals surface area contributed by atoms with Crippen molar-refractivity contribution in [1.29, 1.82) is 0 Å².